The van der Waals surface area contributed by atoms with Crippen LogP contribution in [0.5, 0.6) is 5.88 Å². The third-order valence-corrected chi connectivity index (χ3v) is 5.32. The lowest BCUT2D eigenvalue weighted by molar-refractivity contribution is -0.291. The van der Waals surface area contributed by atoms with Gasteiger partial charge in [0.05, 0.1) is 22.9 Å². The lowest BCUT2D eigenvalue weighted by atomic mass is 9.83. The molecule has 4 rings (SSSR count). The summed E-state index contributed by atoms with van der Waals surface area (Å²) in [6.45, 7) is 3.75. The average molecular weight is 464 g/mol. The molecule has 0 spiro atoms. The van der Waals surface area contributed by atoms with Crippen LogP contribution in [0.25, 0.3) is 5.69 Å². The number of hydrogen-bond donors (Lipinski definition) is 1. The molecule has 12 heteroatoms. The molecule has 0 saturated heterocycles. The molecule has 2 aromatic heterocycles. The number of alkyl halides is 5. The van der Waals surface area contributed by atoms with E-state index in [0.717, 1.165) is 4.68 Å². The number of nitrogens with two attached hydrogens (primary N) is 1. The zero-order valence-corrected chi connectivity index (χ0v) is 17.4. The third-order valence-electron chi connectivity index (χ3n) is 5.32. The molecule has 1 aliphatic heterocycles. The topological polar surface area (TPSA) is 94.7 Å². The monoisotopic (exact) mass is 464 g/mol. The first kappa shape index (κ1) is 22.3. The molecular formula is C21H17F5N6O. The van der Waals surface area contributed by atoms with Crippen molar-refractivity contribution in [3.8, 4) is 17.6 Å². The molecule has 172 valence electrons. The first-order valence-corrected chi connectivity index (χ1v) is 9.76. The van der Waals surface area contributed by atoms with Crippen LogP contribution in [0, 0.1) is 18.3 Å². The van der Waals surface area contributed by atoms with Gasteiger partial charge >= 0.3 is 12.1 Å². The summed E-state index contributed by atoms with van der Waals surface area (Å²) in [7, 11) is 0. The lowest BCUT2D eigenvalue weighted by Gasteiger charge is -2.26. The van der Waals surface area contributed by atoms with Crippen molar-refractivity contribution in [2.45, 2.75) is 38.4 Å². The number of fused-ring (bicyclic) bond motifs is 1. The number of aromatic nitrogens is 4. The molecule has 7 nitrogen and oxygen atoms in total. The van der Waals surface area contributed by atoms with E-state index in [9.17, 15) is 27.2 Å². The number of aryl methyl sites for hydroxylation is 2. The van der Waals surface area contributed by atoms with Gasteiger partial charge in [0.2, 0.25) is 11.8 Å². The normalized spacial score (nSPS) is 16.4. The van der Waals surface area contributed by atoms with Crippen LogP contribution in [-0.2, 0) is 12.5 Å². The standard InChI is InChI=1S/C21H17F5N6O/c1-3-31-10-14(11(2)29-31)15-13(9-27)18(28)33-19-16(15)17(20(22,23)21(24,25)26)30-32(19)12-7-5-4-6-8-12/h4-8,10,15H,3,28H2,1-2H3. The summed E-state index contributed by atoms with van der Waals surface area (Å²) in [5.41, 5.74) is 4.21. The van der Waals surface area contributed by atoms with Crippen molar-refractivity contribution in [1.29, 1.82) is 5.26 Å². The van der Waals surface area contributed by atoms with Gasteiger partial charge in [0.15, 0.2) is 0 Å². The molecular weight excluding hydrogens is 447 g/mol. The minimum atomic E-state index is -5.94. The lowest BCUT2D eigenvalue weighted by Crippen LogP contribution is -2.36. The van der Waals surface area contributed by atoms with Crippen LogP contribution in [-0.4, -0.2) is 25.7 Å². The predicted octanol–water partition coefficient (Wildman–Crippen LogP) is 4.27. The summed E-state index contributed by atoms with van der Waals surface area (Å²) in [6, 6.07) is 9.46. The SMILES string of the molecule is CCn1cc(C2C(C#N)=C(N)Oc3c2c(C(F)(F)C(F)(F)F)nn3-c2ccccc2)c(C)n1. The second-order valence-corrected chi connectivity index (χ2v) is 7.34. The summed E-state index contributed by atoms with van der Waals surface area (Å²) >= 11 is 0. The van der Waals surface area contributed by atoms with Crippen molar-refractivity contribution >= 4 is 0 Å². The Labute approximate surface area is 184 Å². The van der Waals surface area contributed by atoms with Gasteiger partial charge in [0.25, 0.3) is 0 Å². The second kappa shape index (κ2) is 7.61. The van der Waals surface area contributed by atoms with Crippen LogP contribution < -0.4 is 10.5 Å². The summed E-state index contributed by atoms with van der Waals surface area (Å²) in [5.74, 6) is -7.57. The molecule has 1 atom stereocenters. The molecule has 0 radical (unpaired) electrons. The molecule has 1 aromatic carbocycles. The van der Waals surface area contributed by atoms with E-state index in [1.165, 1.54) is 23.0 Å². The van der Waals surface area contributed by atoms with E-state index in [2.05, 4.69) is 10.2 Å². The van der Waals surface area contributed by atoms with E-state index < -0.39 is 41.0 Å². The molecule has 0 fully saturated rings. The van der Waals surface area contributed by atoms with Gasteiger partial charge < -0.3 is 10.5 Å². The fourth-order valence-corrected chi connectivity index (χ4v) is 3.74. The number of para-hydroxylation sites is 1. The predicted molar refractivity (Wildman–Crippen MR) is 105 cm³/mol. The van der Waals surface area contributed by atoms with Crippen LogP contribution >= 0.6 is 0 Å². The molecule has 0 amide bonds. The van der Waals surface area contributed by atoms with Gasteiger partial charge in [-0.3, -0.25) is 4.68 Å². The smallest absolute Gasteiger partial charge is 0.422 e. The van der Waals surface area contributed by atoms with Gasteiger partial charge in [-0.25, -0.2) is 0 Å². The summed E-state index contributed by atoms with van der Waals surface area (Å²) < 4.78 is 77.7. The van der Waals surface area contributed by atoms with Gasteiger partial charge in [0.1, 0.15) is 17.3 Å². The van der Waals surface area contributed by atoms with Gasteiger partial charge in [-0.05, 0) is 26.0 Å². The molecule has 1 unspecified atom stereocenters. The summed E-state index contributed by atoms with van der Waals surface area (Å²) in [5, 5.41) is 17.6. The molecule has 2 N–H and O–H groups in total. The molecule has 33 heavy (non-hydrogen) atoms. The minimum absolute atomic E-state index is 0.172. The van der Waals surface area contributed by atoms with Gasteiger partial charge in [-0.1, -0.05) is 18.2 Å². The maximum absolute atomic E-state index is 14.8. The van der Waals surface area contributed by atoms with Crippen molar-refractivity contribution < 1.29 is 26.7 Å². The number of nitrogens with zero attached hydrogens (tertiary/aromatic N) is 5. The zero-order chi connectivity index (χ0) is 24.1. The number of halogens is 5. The Hall–Kier alpha value is -3.88. The highest BCUT2D eigenvalue weighted by Crippen LogP contribution is 2.52. The largest absolute Gasteiger partial charge is 0.459 e. The van der Waals surface area contributed by atoms with Crippen LogP contribution in [0.4, 0.5) is 22.0 Å². The highest BCUT2D eigenvalue weighted by Gasteiger charge is 2.63. The maximum atomic E-state index is 14.8. The molecule has 0 bridgehead atoms. The van der Waals surface area contributed by atoms with Crippen LogP contribution in [0.3, 0.4) is 0 Å². The van der Waals surface area contributed by atoms with E-state index >= 15 is 0 Å². The number of hydrogen-bond acceptors (Lipinski definition) is 5. The van der Waals surface area contributed by atoms with Gasteiger partial charge in [0, 0.05) is 18.3 Å². The first-order chi connectivity index (χ1) is 15.5. The quantitative estimate of drug-likeness (QED) is 0.582. The van der Waals surface area contributed by atoms with E-state index in [0.29, 0.717) is 12.2 Å². The number of rotatable bonds is 4. The number of nitriles is 1. The van der Waals surface area contributed by atoms with Crippen molar-refractivity contribution in [2.75, 3.05) is 0 Å². The van der Waals surface area contributed by atoms with E-state index in [1.807, 2.05) is 0 Å². The first-order valence-electron chi connectivity index (χ1n) is 9.76. The Morgan fingerprint density at radius 1 is 1.15 bits per heavy atom. The van der Waals surface area contributed by atoms with Gasteiger partial charge in [-0.15, -0.1) is 0 Å². The zero-order valence-electron chi connectivity index (χ0n) is 17.4. The van der Waals surface area contributed by atoms with Crippen LogP contribution in [0.2, 0.25) is 0 Å². The van der Waals surface area contributed by atoms with Crippen molar-refractivity contribution in [2.24, 2.45) is 5.73 Å². The van der Waals surface area contributed by atoms with E-state index in [-0.39, 0.29) is 16.8 Å². The number of benzene rings is 1. The fourth-order valence-electron chi connectivity index (χ4n) is 3.74. The maximum Gasteiger partial charge on any atom is 0.459 e. The Balaban J connectivity index is 2.10. The molecule has 3 heterocycles. The number of ether oxygens (including phenoxy) is 1. The molecule has 0 saturated carbocycles. The molecule has 3 aromatic rings. The number of allylic oxidation sites excluding steroid dienone is 1. The Morgan fingerprint density at radius 2 is 1.82 bits per heavy atom. The molecule has 1 aliphatic rings. The van der Waals surface area contributed by atoms with E-state index in [4.69, 9.17) is 10.5 Å². The van der Waals surface area contributed by atoms with E-state index in [1.54, 1.807) is 38.1 Å². The van der Waals surface area contributed by atoms with Crippen molar-refractivity contribution in [1.82, 2.24) is 19.6 Å². The second-order valence-electron chi connectivity index (χ2n) is 7.34. The highest BCUT2D eigenvalue weighted by molar-refractivity contribution is 5.58. The van der Waals surface area contributed by atoms with Gasteiger partial charge in [-0.2, -0.15) is 42.1 Å². The average Bonchev–Trinajstić information content (AvgIpc) is 3.33. The third kappa shape index (κ3) is 3.40. The Kier molecular flexibility index (Phi) is 5.15. The highest BCUT2D eigenvalue weighted by atomic mass is 19.4. The minimum Gasteiger partial charge on any atom is -0.422 e. The van der Waals surface area contributed by atoms with Crippen molar-refractivity contribution in [3.63, 3.8) is 0 Å². The van der Waals surface area contributed by atoms with Crippen LogP contribution in [0.15, 0.2) is 48.0 Å². The Bertz CT molecular complexity index is 1280. The summed E-state index contributed by atoms with van der Waals surface area (Å²) in [4.78, 5) is 0. The Morgan fingerprint density at radius 3 is 2.36 bits per heavy atom. The van der Waals surface area contributed by atoms with Crippen molar-refractivity contribution in [3.05, 3.63) is 70.5 Å². The fraction of sp³-hybridized carbons (Fsp3) is 0.286. The van der Waals surface area contributed by atoms with Crippen LogP contribution in [0.1, 0.15) is 35.4 Å². The summed E-state index contributed by atoms with van der Waals surface area (Å²) in [6.07, 6.45) is -4.46. The molecule has 0 aliphatic carbocycles.